The van der Waals surface area contributed by atoms with E-state index < -0.39 is 41.3 Å². The third kappa shape index (κ3) is 10.1. The van der Waals surface area contributed by atoms with E-state index in [1.54, 1.807) is 11.8 Å². The van der Waals surface area contributed by atoms with E-state index in [0.29, 0.717) is 54.1 Å². The molecule has 0 saturated heterocycles. The van der Waals surface area contributed by atoms with Crippen molar-refractivity contribution in [2.75, 3.05) is 35.4 Å². The van der Waals surface area contributed by atoms with Gasteiger partial charge in [-0.05, 0) is 80.0 Å². The normalized spacial score (nSPS) is 14.9. The van der Waals surface area contributed by atoms with E-state index in [0.717, 1.165) is 37.8 Å². The summed E-state index contributed by atoms with van der Waals surface area (Å²) in [7, 11) is 0. The zero-order valence-electron chi connectivity index (χ0n) is 28.4. The van der Waals surface area contributed by atoms with Gasteiger partial charge in [0, 0.05) is 23.2 Å². The molecular weight excluding hydrogens is 721 g/mol. The Morgan fingerprint density at radius 2 is 1.50 bits per heavy atom. The van der Waals surface area contributed by atoms with E-state index in [4.69, 9.17) is 4.74 Å². The van der Waals surface area contributed by atoms with Gasteiger partial charge < -0.3 is 15.0 Å². The van der Waals surface area contributed by atoms with E-state index in [9.17, 15) is 39.5 Å². The summed E-state index contributed by atoms with van der Waals surface area (Å²) >= 11 is 1.55. The fourth-order valence-corrected chi connectivity index (χ4v) is 6.56. The van der Waals surface area contributed by atoms with Crippen LogP contribution in [0.25, 0.3) is 10.9 Å². The second kappa shape index (κ2) is 16.4. The van der Waals surface area contributed by atoms with Crippen LogP contribution in [-0.2, 0) is 25.1 Å². The third-order valence-corrected chi connectivity index (χ3v) is 9.68. The van der Waals surface area contributed by atoms with Gasteiger partial charge >= 0.3 is 18.5 Å². The molecule has 1 N–H and O–H groups in total. The highest BCUT2D eigenvalue weighted by molar-refractivity contribution is 7.98. The Balaban J connectivity index is 1.58. The van der Waals surface area contributed by atoms with E-state index >= 15 is 0 Å². The lowest BCUT2D eigenvalue weighted by atomic mass is 9.99. The first-order valence-corrected chi connectivity index (χ1v) is 18.2. The smallest absolute Gasteiger partial charge is 0.416 e. The van der Waals surface area contributed by atoms with Gasteiger partial charge in [-0.15, -0.1) is 0 Å². The minimum absolute atomic E-state index is 0.0525. The summed E-state index contributed by atoms with van der Waals surface area (Å²) in [5.41, 5.74) is -3.60. The van der Waals surface area contributed by atoms with Gasteiger partial charge in [0.05, 0.1) is 53.8 Å². The van der Waals surface area contributed by atoms with Crippen molar-refractivity contribution in [3.8, 4) is 5.75 Å². The van der Waals surface area contributed by atoms with Crippen molar-refractivity contribution >= 4 is 34.4 Å². The number of fused-ring (bicyclic) bond motifs is 1. The molecule has 1 saturated carbocycles. The highest BCUT2D eigenvalue weighted by Gasteiger charge is 2.38. The number of thioether (sulfide) groups is 1. The lowest BCUT2D eigenvalue weighted by molar-refractivity contribution is -0.143. The molecule has 5 rings (SSSR count). The first-order valence-electron chi connectivity index (χ1n) is 16.8. The number of ether oxygens (including phenoxy) is 1. The molecule has 0 amide bonds. The maximum atomic E-state index is 13.9. The number of aromatic nitrogens is 3. The van der Waals surface area contributed by atoms with Crippen LogP contribution in [0.3, 0.4) is 0 Å². The standard InChI is InChI=1S/C36H38F9N5OS/c1-22(24-15-28(35(40,41)42)18-29(16-24)36(43,44)45)50(33-47-19-30(20-48-33)51-12-13-52-2)21-26-14-25-17-27(34(37,38)39)9-10-31(25)49-32(26)46-11-5-8-23-6-3-4-7-23/h9-10,14-20,22-23H,3-8,11-13,21H2,1-2H3,(H,46,49). The first kappa shape index (κ1) is 39.3. The number of nitrogens with zero attached hydrogens (tertiary/aromatic N) is 4. The molecule has 0 bridgehead atoms. The van der Waals surface area contributed by atoms with Crippen molar-refractivity contribution in [2.45, 2.75) is 76.6 Å². The summed E-state index contributed by atoms with van der Waals surface area (Å²) in [5.74, 6) is 1.82. The molecule has 1 aliphatic carbocycles. The van der Waals surface area contributed by atoms with Gasteiger partial charge in [-0.2, -0.15) is 51.3 Å². The largest absolute Gasteiger partial charge is 0.489 e. The Labute approximate surface area is 299 Å². The summed E-state index contributed by atoms with van der Waals surface area (Å²) in [6.07, 6.45) is -3.78. The molecule has 52 heavy (non-hydrogen) atoms. The van der Waals surface area contributed by atoms with Crippen molar-refractivity contribution in [3.63, 3.8) is 0 Å². The third-order valence-electron chi connectivity index (χ3n) is 9.11. The number of benzene rings is 2. The minimum Gasteiger partial charge on any atom is -0.489 e. The van der Waals surface area contributed by atoms with Gasteiger partial charge in [-0.3, -0.25) is 0 Å². The number of anilines is 2. The zero-order chi connectivity index (χ0) is 37.7. The van der Waals surface area contributed by atoms with Crippen molar-refractivity contribution in [2.24, 2.45) is 5.92 Å². The number of pyridine rings is 1. The van der Waals surface area contributed by atoms with Gasteiger partial charge in [-0.1, -0.05) is 25.7 Å². The van der Waals surface area contributed by atoms with Crippen LogP contribution >= 0.6 is 11.8 Å². The molecular formula is C36H38F9N5OS. The summed E-state index contributed by atoms with van der Waals surface area (Å²) < 4.78 is 130. The molecule has 1 fully saturated rings. The second-order valence-corrected chi connectivity index (χ2v) is 13.8. The number of hydrogen-bond donors (Lipinski definition) is 1. The van der Waals surface area contributed by atoms with Crippen LogP contribution in [0.5, 0.6) is 5.75 Å². The molecule has 2 heterocycles. The molecule has 1 atom stereocenters. The molecule has 6 nitrogen and oxygen atoms in total. The summed E-state index contributed by atoms with van der Waals surface area (Å²) in [6.45, 7) is 1.99. The molecule has 0 aliphatic heterocycles. The molecule has 0 spiro atoms. The van der Waals surface area contributed by atoms with Crippen molar-refractivity contribution < 1.29 is 44.3 Å². The highest BCUT2D eigenvalue weighted by Crippen LogP contribution is 2.40. The summed E-state index contributed by atoms with van der Waals surface area (Å²) in [6, 6.07) is 4.76. The Bertz CT molecular complexity index is 1760. The van der Waals surface area contributed by atoms with Crippen LogP contribution in [0.4, 0.5) is 51.3 Å². The topological polar surface area (TPSA) is 63.2 Å². The number of rotatable bonds is 14. The molecule has 1 aliphatic rings. The number of halogens is 9. The number of hydrogen-bond acceptors (Lipinski definition) is 7. The van der Waals surface area contributed by atoms with Crippen LogP contribution in [0.2, 0.25) is 0 Å². The highest BCUT2D eigenvalue weighted by atomic mass is 32.2. The zero-order valence-corrected chi connectivity index (χ0v) is 29.2. The maximum absolute atomic E-state index is 13.9. The number of nitrogens with one attached hydrogen (secondary N) is 1. The number of alkyl halides is 9. The van der Waals surface area contributed by atoms with Crippen LogP contribution in [-0.4, -0.2) is 40.1 Å². The lowest BCUT2D eigenvalue weighted by Gasteiger charge is -2.31. The van der Waals surface area contributed by atoms with Crippen LogP contribution in [0.15, 0.2) is 54.9 Å². The first-order chi connectivity index (χ1) is 24.5. The van der Waals surface area contributed by atoms with Crippen molar-refractivity contribution in [1.82, 2.24) is 15.0 Å². The van der Waals surface area contributed by atoms with Gasteiger partial charge in [0.25, 0.3) is 0 Å². The van der Waals surface area contributed by atoms with Crippen molar-refractivity contribution in [3.05, 3.63) is 82.7 Å². The Morgan fingerprint density at radius 3 is 2.10 bits per heavy atom. The quantitative estimate of drug-likeness (QED) is 0.101. The van der Waals surface area contributed by atoms with E-state index in [1.807, 2.05) is 6.26 Å². The molecule has 2 aromatic heterocycles. The SMILES string of the molecule is CSCCOc1cnc(N(Cc2cc3cc(C(F)(F)F)ccc3nc2NCCCC2CCCC2)C(C)c2cc(C(F)(F)F)cc(C(F)(F)F)c2)nc1. The van der Waals surface area contributed by atoms with Crippen LogP contribution < -0.4 is 15.0 Å². The molecule has 282 valence electrons. The molecule has 16 heteroatoms. The summed E-state index contributed by atoms with van der Waals surface area (Å²) in [4.78, 5) is 14.7. The molecule has 4 aromatic rings. The fraction of sp³-hybridized carbons (Fsp3) is 0.472. The predicted octanol–water partition coefficient (Wildman–Crippen LogP) is 11.0. The Kier molecular flexibility index (Phi) is 12.4. The van der Waals surface area contributed by atoms with E-state index in [1.165, 1.54) is 49.2 Å². The second-order valence-electron chi connectivity index (χ2n) is 12.8. The predicted molar refractivity (Wildman–Crippen MR) is 183 cm³/mol. The monoisotopic (exact) mass is 759 g/mol. The van der Waals surface area contributed by atoms with Gasteiger partial charge in [0.1, 0.15) is 5.82 Å². The molecule has 1 unspecified atom stereocenters. The van der Waals surface area contributed by atoms with Crippen molar-refractivity contribution in [1.29, 1.82) is 0 Å². The average Bonchev–Trinajstić information content (AvgIpc) is 3.61. The van der Waals surface area contributed by atoms with E-state index in [-0.39, 0.29) is 35.0 Å². The van der Waals surface area contributed by atoms with Gasteiger partial charge in [-0.25, -0.2) is 15.0 Å². The van der Waals surface area contributed by atoms with E-state index in [2.05, 4.69) is 20.3 Å². The molecule has 0 radical (unpaired) electrons. The van der Waals surface area contributed by atoms with Crippen LogP contribution in [0.1, 0.15) is 79.3 Å². The fourth-order valence-electron chi connectivity index (χ4n) is 6.31. The Hall–Kier alpha value is -3.95. The summed E-state index contributed by atoms with van der Waals surface area (Å²) in [5, 5.41) is 3.43. The Morgan fingerprint density at radius 1 is 0.865 bits per heavy atom. The average molecular weight is 760 g/mol. The maximum Gasteiger partial charge on any atom is 0.416 e. The minimum atomic E-state index is -5.08. The lowest BCUT2D eigenvalue weighted by Crippen LogP contribution is -2.29. The van der Waals surface area contributed by atoms with Gasteiger partial charge in [0.15, 0.2) is 5.75 Å². The van der Waals surface area contributed by atoms with Gasteiger partial charge in [0.2, 0.25) is 5.95 Å². The molecule has 2 aromatic carbocycles. The van der Waals surface area contributed by atoms with Crippen LogP contribution in [0, 0.1) is 5.92 Å².